The summed E-state index contributed by atoms with van der Waals surface area (Å²) in [6.45, 7) is 7.35. The van der Waals surface area contributed by atoms with E-state index in [2.05, 4.69) is 20.8 Å². The summed E-state index contributed by atoms with van der Waals surface area (Å²) >= 11 is 0. The summed E-state index contributed by atoms with van der Waals surface area (Å²) in [5.74, 6) is 1.54. The third kappa shape index (κ3) is 1.95. The summed E-state index contributed by atoms with van der Waals surface area (Å²) in [5.41, 5.74) is 1.02. The number of hydrogen-bond donors (Lipinski definition) is 0. The van der Waals surface area contributed by atoms with Crippen LogP contribution in [-0.4, -0.2) is 19.5 Å². The lowest BCUT2D eigenvalue weighted by Gasteiger charge is -2.40. The van der Waals surface area contributed by atoms with E-state index in [1.165, 1.54) is 0 Å². The van der Waals surface area contributed by atoms with E-state index in [0.717, 1.165) is 17.1 Å². The van der Waals surface area contributed by atoms with Crippen molar-refractivity contribution in [1.82, 2.24) is 0 Å². The van der Waals surface area contributed by atoms with Crippen LogP contribution >= 0.6 is 0 Å². The van der Waals surface area contributed by atoms with Crippen molar-refractivity contribution in [3.63, 3.8) is 0 Å². The minimum atomic E-state index is -0.317. The average Bonchev–Trinajstić information content (AvgIpc) is 2.79. The summed E-state index contributed by atoms with van der Waals surface area (Å²) in [5, 5.41) is 0. The molecule has 2 aliphatic heterocycles. The summed E-state index contributed by atoms with van der Waals surface area (Å²) in [6, 6.07) is 5.79. The van der Waals surface area contributed by atoms with Gasteiger partial charge in [-0.3, -0.25) is 0 Å². The molecule has 0 saturated carbocycles. The summed E-state index contributed by atoms with van der Waals surface area (Å²) in [7, 11) is 0. The van der Waals surface area contributed by atoms with Gasteiger partial charge < -0.3 is 18.9 Å². The topological polar surface area (TPSA) is 36.9 Å². The van der Waals surface area contributed by atoms with E-state index in [-0.39, 0.29) is 24.6 Å². The maximum Gasteiger partial charge on any atom is 0.231 e. The highest BCUT2D eigenvalue weighted by Gasteiger charge is 2.36. The van der Waals surface area contributed by atoms with E-state index in [0.29, 0.717) is 6.61 Å². The lowest BCUT2D eigenvalue weighted by atomic mass is 9.87. The number of fused-ring (bicyclic) bond motifs is 1. The Balaban J connectivity index is 1.80. The summed E-state index contributed by atoms with van der Waals surface area (Å²) in [4.78, 5) is 0. The molecule has 0 spiro atoms. The predicted molar refractivity (Wildman–Crippen MR) is 65.6 cm³/mol. The lowest BCUT2D eigenvalue weighted by molar-refractivity contribution is -0.259. The molecule has 0 bridgehead atoms. The van der Waals surface area contributed by atoms with E-state index < -0.39 is 0 Å². The van der Waals surface area contributed by atoms with E-state index >= 15 is 0 Å². The van der Waals surface area contributed by atoms with Crippen LogP contribution in [0.15, 0.2) is 18.2 Å². The van der Waals surface area contributed by atoms with Crippen LogP contribution in [0.2, 0.25) is 0 Å². The van der Waals surface area contributed by atoms with Gasteiger partial charge in [0.05, 0.1) is 12.7 Å². The van der Waals surface area contributed by atoms with Crippen LogP contribution in [0.4, 0.5) is 0 Å². The molecule has 0 aromatic heterocycles. The second-order valence-corrected chi connectivity index (χ2v) is 5.52. The van der Waals surface area contributed by atoms with Crippen molar-refractivity contribution in [2.45, 2.75) is 33.2 Å². The molecule has 2 aliphatic rings. The lowest BCUT2D eigenvalue weighted by Crippen LogP contribution is -2.40. The zero-order chi connectivity index (χ0) is 12.8. The van der Waals surface area contributed by atoms with Crippen LogP contribution in [0, 0.1) is 5.41 Å². The Labute approximate surface area is 107 Å². The Kier molecular flexibility index (Phi) is 2.72. The third-order valence-corrected chi connectivity index (χ3v) is 3.70. The maximum absolute atomic E-state index is 5.93. The molecule has 0 unspecified atom stereocenters. The number of hydrogen-bond acceptors (Lipinski definition) is 4. The number of ether oxygens (including phenoxy) is 4. The first-order chi connectivity index (χ1) is 8.56. The van der Waals surface area contributed by atoms with Gasteiger partial charge in [0.1, 0.15) is 0 Å². The standard InChI is InChI=1S/C14H18O4/c1-9-14(2,3)7-15-13(18-9)10-4-5-11-12(6-10)17-8-16-11/h4-6,9,13H,7-8H2,1-3H3/t9-,13+/m1/s1. The van der Waals surface area contributed by atoms with Crippen molar-refractivity contribution in [2.24, 2.45) is 5.41 Å². The van der Waals surface area contributed by atoms with Gasteiger partial charge in [0.15, 0.2) is 17.8 Å². The minimum Gasteiger partial charge on any atom is -0.454 e. The Morgan fingerprint density at radius 2 is 1.94 bits per heavy atom. The normalized spacial score (nSPS) is 29.3. The van der Waals surface area contributed by atoms with Crippen LogP contribution in [-0.2, 0) is 9.47 Å². The molecule has 0 radical (unpaired) electrons. The van der Waals surface area contributed by atoms with Gasteiger partial charge in [-0.15, -0.1) is 0 Å². The van der Waals surface area contributed by atoms with Crippen LogP contribution in [0.5, 0.6) is 11.5 Å². The molecule has 3 rings (SSSR count). The van der Waals surface area contributed by atoms with Crippen LogP contribution in [0.1, 0.15) is 32.6 Å². The molecule has 2 heterocycles. The summed E-state index contributed by atoms with van der Waals surface area (Å²) < 4.78 is 22.4. The first-order valence-electron chi connectivity index (χ1n) is 6.23. The SMILES string of the molecule is C[C@H]1O[C@@H](c2ccc3c(c2)OCO3)OCC1(C)C. The quantitative estimate of drug-likeness (QED) is 0.768. The third-order valence-electron chi connectivity index (χ3n) is 3.70. The molecule has 0 amide bonds. The fraction of sp³-hybridized carbons (Fsp3) is 0.571. The molecule has 1 saturated heterocycles. The Morgan fingerprint density at radius 1 is 1.17 bits per heavy atom. The first kappa shape index (κ1) is 11.8. The van der Waals surface area contributed by atoms with Crippen LogP contribution < -0.4 is 9.47 Å². The van der Waals surface area contributed by atoms with E-state index in [9.17, 15) is 0 Å². The predicted octanol–water partition coefficient (Wildman–Crippen LogP) is 2.88. The highest BCUT2D eigenvalue weighted by Crippen LogP contribution is 2.39. The molecule has 1 fully saturated rings. The monoisotopic (exact) mass is 250 g/mol. The van der Waals surface area contributed by atoms with Crippen molar-refractivity contribution in [3.05, 3.63) is 23.8 Å². The van der Waals surface area contributed by atoms with Gasteiger partial charge in [-0.1, -0.05) is 13.8 Å². The van der Waals surface area contributed by atoms with E-state index in [1.54, 1.807) is 0 Å². The molecule has 18 heavy (non-hydrogen) atoms. The Bertz CT molecular complexity index is 455. The molecule has 0 aliphatic carbocycles. The van der Waals surface area contributed by atoms with Gasteiger partial charge in [0, 0.05) is 11.0 Å². The van der Waals surface area contributed by atoms with Crippen LogP contribution in [0.3, 0.4) is 0 Å². The minimum absolute atomic E-state index is 0.0485. The second kappa shape index (κ2) is 4.14. The molecule has 1 aromatic rings. The molecular weight excluding hydrogens is 232 g/mol. The smallest absolute Gasteiger partial charge is 0.231 e. The molecule has 0 N–H and O–H groups in total. The van der Waals surface area contributed by atoms with Gasteiger partial charge in [0.25, 0.3) is 0 Å². The molecule has 1 aromatic carbocycles. The van der Waals surface area contributed by atoms with Crippen molar-refractivity contribution >= 4 is 0 Å². The maximum atomic E-state index is 5.93. The zero-order valence-corrected chi connectivity index (χ0v) is 10.9. The molecule has 4 nitrogen and oxygen atoms in total. The van der Waals surface area contributed by atoms with Gasteiger partial charge >= 0.3 is 0 Å². The Morgan fingerprint density at radius 3 is 2.72 bits per heavy atom. The van der Waals surface area contributed by atoms with Crippen molar-refractivity contribution in [2.75, 3.05) is 13.4 Å². The van der Waals surface area contributed by atoms with Crippen molar-refractivity contribution in [1.29, 1.82) is 0 Å². The first-order valence-corrected chi connectivity index (χ1v) is 6.23. The fourth-order valence-electron chi connectivity index (χ4n) is 2.05. The average molecular weight is 250 g/mol. The van der Waals surface area contributed by atoms with Gasteiger partial charge in [0.2, 0.25) is 6.79 Å². The summed E-state index contributed by atoms with van der Waals surface area (Å²) in [6.07, 6.45) is -0.163. The fourth-order valence-corrected chi connectivity index (χ4v) is 2.05. The molecular formula is C14H18O4. The number of benzene rings is 1. The molecule has 4 heteroatoms. The highest BCUT2D eigenvalue weighted by molar-refractivity contribution is 5.44. The van der Waals surface area contributed by atoms with Gasteiger partial charge in [-0.25, -0.2) is 0 Å². The highest BCUT2D eigenvalue weighted by atomic mass is 16.7. The van der Waals surface area contributed by atoms with Crippen molar-refractivity contribution in [3.8, 4) is 11.5 Å². The zero-order valence-electron chi connectivity index (χ0n) is 10.9. The Hall–Kier alpha value is -1.26. The van der Waals surface area contributed by atoms with Gasteiger partial charge in [-0.05, 0) is 25.1 Å². The molecule has 98 valence electrons. The number of rotatable bonds is 1. The van der Waals surface area contributed by atoms with Gasteiger partial charge in [-0.2, -0.15) is 0 Å². The largest absolute Gasteiger partial charge is 0.454 e. The van der Waals surface area contributed by atoms with E-state index in [4.69, 9.17) is 18.9 Å². The van der Waals surface area contributed by atoms with E-state index in [1.807, 2.05) is 18.2 Å². The second-order valence-electron chi connectivity index (χ2n) is 5.52. The van der Waals surface area contributed by atoms with Crippen molar-refractivity contribution < 1.29 is 18.9 Å². The van der Waals surface area contributed by atoms with Crippen LogP contribution in [0.25, 0.3) is 0 Å². The molecule has 2 atom stereocenters.